The van der Waals surface area contributed by atoms with Crippen molar-refractivity contribution in [1.82, 2.24) is 8.94 Å². The van der Waals surface area contributed by atoms with E-state index in [9.17, 15) is 9.59 Å². The topological polar surface area (TPSA) is 73.2 Å². The van der Waals surface area contributed by atoms with Crippen molar-refractivity contribution in [2.75, 3.05) is 12.4 Å². The minimum atomic E-state index is -0.706. The molecule has 29 heavy (non-hydrogen) atoms. The summed E-state index contributed by atoms with van der Waals surface area (Å²) in [5.41, 5.74) is 2.17. The van der Waals surface area contributed by atoms with Gasteiger partial charge < -0.3 is 14.6 Å². The summed E-state index contributed by atoms with van der Waals surface area (Å²) in [5, 5.41) is 4.42. The number of rotatable bonds is 6. The minimum absolute atomic E-state index is 0.315. The Hall–Kier alpha value is -3.16. The van der Waals surface area contributed by atoms with Crippen LogP contribution in [0.25, 0.3) is 10.9 Å². The van der Waals surface area contributed by atoms with Crippen LogP contribution in [0.4, 0.5) is 5.00 Å². The number of ketones is 1. The van der Waals surface area contributed by atoms with Crippen LogP contribution in [0.1, 0.15) is 15.9 Å². The molecule has 0 saturated heterocycles. The highest BCUT2D eigenvalue weighted by Crippen LogP contribution is 2.28. The summed E-state index contributed by atoms with van der Waals surface area (Å²) in [6.45, 7) is 0.531. The fraction of sp³-hybridized carbons (Fsp3) is 0.0952. The molecule has 1 amide bonds. The molecule has 0 unspecified atom stereocenters. The van der Waals surface area contributed by atoms with Gasteiger partial charge in [0.2, 0.25) is 0 Å². The molecule has 0 aliphatic rings. The second kappa shape index (κ2) is 8.06. The second-order valence-electron chi connectivity index (χ2n) is 6.34. The Balaban J connectivity index is 1.73. The van der Waals surface area contributed by atoms with E-state index in [-0.39, 0.29) is 0 Å². The first-order chi connectivity index (χ1) is 14.0. The maximum absolute atomic E-state index is 12.9. The van der Waals surface area contributed by atoms with Crippen molar-refractivity contribution in [3.63, 3.8) is 0 Å². The summed E-state index contributed by atoms with van der Waals surface area (Å²) in [4.78, 5) is 25.4. The third-order valence-electron chi connectivity index (χ3n) is 4.48. The molecule has 2 aromatic heterocycles. The zero-order valence-corrected chi connectivity index (χ0v) is 17.0. The average molecular weight is 426 g/mol. The summed E-state index contributed by atoms with van der Waals surface area (Å²) < 4.78 is 11.2. The SMILES string of the molecule is COc1ccc2c(c1)c(C(=O)C(=O)Nc1ccns1)cn2Cc1ccc(Cl)cc1. The number of anilines is 1. The molecule has 0 aliphatic heterocycles. The lowest BCUT2D eigenvalue weighted by molar-refractivity contribution is -0.112. The molecule has 1 N–H and O–H groups in total. The summed E-state index contributed by atoms with van der Waals surface area (Å²) in [6, 6.07) is 14.6. The Bertz CT molecular complexity index is 1180. The predicted molar refractivity (Wildman–Crippen MR) is 114 cm³/mol. The number of ether oxygens (including phenoxy) is 1. The van der Waals surface area contributed by atoms with Crippen LogP contribution in [-0.4, -0.2) is 27.7 Å². The molecule has 6 nitrogen and oxygen atoms in total. The number of carbonyl (C=O) groups excluding carboxylic acids is 2. The number of amides is 1. The van der Waals surface area contributed by atoms with Crippen LogP contribution >= 0.6 is 23.1 Å². The standard InChI is InChI=1S/C21H16ClN3O3S/c1-28-15-6-7-18-16(10-15)17(20(26)21(27)24-19-8-9-23-29-19)12-25(18)11-13-2-4-14(22)5-3-13/h2-10,12H,11H2,1H3,(H,24,27). The van der Waals surface area contributed by atoms with Crippen molar-refractivity contribution >= 4 is 50.7 Å². The summed E-state index contributed by atoms with van der Waals surface area (Å²) in [6.07, 6.45) is 3.26. The van der Waals surface area contributed by atoms with E-state index in [1.165, 1.54) is 0 Å². The van der Waals surface area contributed by atoms with E-state index in [1.54, 1.807) is 31.6 Å². The monoisotopic (exact) mass is 425 g/mol. The minimum Gasteiger partial charge on any atom is -0.497 e. The van der Waals surface area contributed by atoms with Crippen molar-refractivity contribution in [2.24, 2.45) is 0 Å². The smallest absolute Gasteiger partial charge is 0.297 e. The van der Waals surface area contributed by atoms with E-state index >= 15 is 0 Å². The van der Waals surface area contributed by atoms with Gasteiger partial charge in [-0.2, -0.15) is 4.37 Å². The second-order valence-corrected chi connectivity index (χ2v) is 7.61. The maximum atomic E-state index is 12.9. The number of benzene rings is 2. The molecular weight excluding hydrogens is 410 g/mol. The van der Waals surface area contributed by atoms with Gasteiger partial charge in [0.25, 0.3) is 11.7 Å². The van der Waals surface area contributed by atoms with Gasteiger partial charge in [-0.15, -0.1) is 0 Å². The first-order valence-electron chi connectivity index (χ1n) is 8.73. The van der Waals surface area contributed by atoms with Crippen LogP contribution in [0.5, 0.6) is 5.75 Å². The van der Waals surface area contributed by atoms with Crippen molar-refractivity contribution in [3.05, 3.63) is 77.1 Å². The Morgan fingerprint density at radius 2 is 1.97 bits per heavy atom. The van der Waals surface area contributed by atoms with Crippen molar-refractivity contribution in [1.29, 1.82) is 0 Å². The van der Waals surface area contributed by atoms with E-state index in [0.29, 0.717) is 33.3 Å². The first-order valence-corrected chi connectivity index (χ1v) is 9.88. The van der Waals surface area contributed by atoms with E-state index in [4.69, 9.17) is 16.3 Å². The zero-order chi connectivity index (χ0) is 20.4. The Labute approximate surface area is 175 Å². The zero-order valence-electron chi connectivity index (χ0n) is 15.4. The number of aromatic nitrogens is 2. The summed E-state index contributed by atoms with van der Waals surface area (Å²) in [5.74, 6) is -0.715. The van der Waals surface area contributed by atoms with Gasteiger partial charge in [-0.3, -0.25) is 9.59 Å². The van der Waals surface area contributed by atoms with Crippen LogP contribution in [0.2, 0.25) is 5.02 Å². The molecular formula is C21H16ClN3O3S. The van der Waals surface area contributed by atoms with Crippen LogP contribution in [0.3, 0.4) is 0 Å². The molecule has 0 saturated carbocycles. The lowest BCUT2D eigenvalue weighted by Gasteiger charge is -2.06. The molecule has 0 fully saturated rings. The number of nitrogens with zero attached hydrogens (tertiary/aromatic N) is 2. The van der Waals surface area contributed by atoms with Crippen LogP contribution in [0, 0.1) is 0 Å². The molecule has 0 atom stereocenters. The molecule has 0 radical (unpaired) electrons. The van der Waals surface area contributed by atoms with Crippen molar-refractivity contribution in [3.8, 4) is 5.75 Å². The van der Waals surface area contributed by atoms with Gasteiger partial charge in [0.15, 0.2) is 0 Å². The third-order valence-corrected chi connectivity index (χ3v) is 5.39. The number of hydrogen-bond donors (Lipinski definition) is 1. The van der Waals surface area contributed by atoms with Crippen molar-refractivity contribution in [2.45, 2.75) is 6.54 Å². The molecule has 146 valence electrons. The van der Waals surface area contributed by atoms with Crippen LogP contribution in [0.15, 0.2) is 60.9 Å². The maximum Gasteiger partial charge on any atom is 0.297 e. The average Bonchev–Trinajstić information content (AvgIpc) is 3.36. The van der Waals surface area contributed by atoms with E-state index in [2.05, 4.69) is 9.69 Å². The van der Waals surface area contributed by atoms with Crippen LogP contribution < -0.4 is 10.1 Å². The Morgan fingerprint density at radius 3 is 2.66 bits per heavy atom. The number of hydrogen-bond acceptors (Lipinski definition) is 5. The number of fused-ring (bicyclic) bond motifs is 1. The molecule has 4 aromatic rings. The summed E-state index contributed by atoms with van der Waals surface area (Å²) in [7, 11) is 1.56. The molecule has 0 bridgehead atoms. The number of methoxy groups -OCH3 is 1. The molecule has 0 spiro atoms. The molecule has 2 aromatic carbocycles. The highest BCUT2D eigenvalue weighted by molar-refractivity contribution is 7.10. The molecule has 8 heteroatoms. The lowest BCUT2D eigenvalue weighted by atomic mass is 10.1. The fourth-order valence-electron chi connectivity index (χ4n) is 3.07. The Morgan fingerprint density at radius 1 is 1.17 bits per heavy atom. The largest absolute Gasteiger partial charge is 0.497 e. The van der Waals surface area contributed by atoms with Gasteiger partial charge in [-0.05, 0) is 53.5 Å². The fourth-order valence-corrected chi connectivity index (χ4v) is 3.69. The number of carbonyl (C=O) groups is 2. The van der Waals surface area contributed by atoms with E-state index in [1.807, 2.05) is 41.0 Å². The van der Waals surface area contributed by atoms with E-state index in [0.717, 1.165) is 22.6 Å². The molecule has 4 rings (SSSR count). The normalized spacial score (nSPS) is 10.8. The summed E-state index contributed by atoms with van der Waals surface area (Å²) >= 11 is 7.08. The van der Waals surface area contributed by atoms with Crippen LogP contribution in [-0.2, 0) is 11.3 Å². The lowest BCUT2D eigenvalue weighted by Crippen LogP contribution is -2.22. The number of nitrogens with one attached hydrogen (secondary N) is 1. The third kappa shape index (κ3) is 4.01. The van der Waals surface area contributed by atoms with Gasteiger partial charge in [-0.25, -0.2) is 0 Å². The van der Waals surface area contributed by atoms with E-state index < -0.39 is 11.7 Å². The highest BCUT2D eigenvalue weighted by Gasteiger charge is 2.22. The highest BCUT2D eigenvalue weighted by atomic mass is 35.5. The van der Waals surface area contributed by atoms with Gasteiger partial charge in [0.05, 0.1) is 12.7 Å². The van der Waals surface area contributed by atoms with Gasteiger partial charge in [-0.1, -0.05) is 23.7 Å². The first kappa shape index (κ1) is 19.2. The van der Waals surface area contributed by atoms with Gasteiger partial charge in [0.1, 0.15) is 10.8 Å². The number of halogens is 1. The molecule has 2 heterocycles. The molecule has 0 aliphatic carbocycles. The van der Waals surface area contributed by atoms with Gasteiger partial charge >= 0.3 is 0 Å². The number of Topliss-reactive ketones (excluding diaryl/α,β-unsaturated/α-hetero) is 1. The Kier molecular flexibility index (Phi) is 5.33. The van der Waals surface area contributed by atoms with Gasteiger partial charge in [0, 0.05) is 34.9 Å². The quantitative estimate of drug-likeness (QED) is 0.361. The van der Waals surface area contributed by atoms with Crippen molar-refractivity contribution < 1.29 is 14.3 Å². The predicted octanol–water partition coefficient (Wildman–Crippen LogP) is 4.63.